The van der Waals surface area contributed by atoms with Crippen molar-refractivity contribution in [2.75, 3.05) is 20.1 Å². The monoisotopic (exact) mass is 362 g/mol. The number of rotatable bonds is 7. The zero-order valence-electron chi connectivity index (χ0n) is 15.3. The Labute approximate surface area is 152 Å². The zero-order valence-corrected chi connectivity index (χ0v) is 15.3. The van der Waals surface area contributed by atoms with Gasteiger partial charge in [0.15, 0.2) is 0 Å². The summed E-state index contributed by atoms with van der Waals surface area (Å²) in [6.45, 7) is 2.67. The summed E-state index contributed by atoms with van der Waals surface area (Å²) in [6, 6.07) is 1.35. The molecular weight excluding hydrogens is 336 g/mol. The summed E-state index contributed by atoms with van der Waals surface area (Å²) in [5.41, 5.74) is 5.76. The van der Waals surface area contributed by atoms with Gasteiger partial charge in [0.25, 0.3) is 5.91 Å². The molecule has 142 valence electrons. The number of primary amides is 1. The average molecular weight is 362 g/mol. The Hall–Kier alpha value is -2.64. The molecule has 0 aliphatic carbocycles. The first kappa shape index (κ1) is 19.7. The van der Waals surface area contributed by atoms with Gasteiger partial charge in [0.1, 0.15) is 11.5 Å². The molecule has 0 spiro atoms. The number of likely N-dealkylation sites (tertiary alicyclic amines) is 1. The molecule has 3 amide bonds. The van der Waals surface area contributed by atoms with E-state index >= 15 is 0 Å². The summed E-state index contributed by atoms with van der Waals surface area (Å²) in [6.07, 6.45) is 4.36. The van der Waals surface area contributed by atoms with E-state index in [1.54, 1.807) is 16.8 Å². The third kappa shape index (κ3) is 4.93. The van der Waals surface area contributed by atoms with Gasteiger partial charge in [-0.15, -0.1) is 0 Å². The number of nitrogens with zero attached hydrogens (tertiary/aromatic N) is 2. The van der Waals surface area contributed by atoms with Crippen molar-refractivity contribution in [3.05, 3.63) is 23.5 Å². The number of aromatic nitrogens is 1. The van der Waals surface area contributed by atoms with E-state index in [0.717, 1.165) is 12.8 Å². The minimum atomic E-state index is -0.594. The molecule has 8 heteroatoms. The molecule has 1 aromatic rings. The Morgan fingerprint density at radius 2 is 2.04 bits per heavy atom. The molecule has 26 heavy (non-hydrogen) atoms. The Morgan fingerprint density at radius 3 is 2.65 bits per heavy atom. The molecule has 2 heterocycles. The number of Topliss-reactive ketones (excluding diaryl/α,β-unsaturated/α-hetero) is 1. The summed E-state index contributed by atoms with van der Waals surface area (Å²) < 4.78 is 0. The van der Waals surface area contributed by atoms with Crippen LogP contribution in [0.15, 0.2) is 12.3 Å². The van der Waals surface area contributed by atoms with Crippen LogP contribution in [0, 0.1) is 0 Å². The predicted molar refractivity (Wildman–Crippen MR) is 95.5 cm³/mol. The van der Waals surface area contributed by atoms with E-state index in [0.29, 0.717) is 38.0 Å². The van der Waals surface area contributed by atoms with E-state index in [1.807, 2.05) is 0 Å². The van der Waals surface area contributed by atoms with Crippen LogP contribution in [-0.2, 0) is 9.59 Å². The normalized spacial score (nSPS) is 17.0. The van der Waals surface area contributed by atoms with Crippen LogP contribution in [0.1, 0.15) is 59.9 Å². The second-order valence-corrected chi connectivity index (χ2v) is 6.77. The van der Waals surface area contributed by atoms with E-state index in [-0.39, 0.29) is 29.2 Å². The van der Waals surface area contributed by atoms with Crippen LogP contribution in [0.2, 0.25) is 0 Å². The Balaban J connectivity index is 1.94. The maximum absolute atomic E-state index is 12.6. The van der Waals surface area contributed by atoms with Crippen molar-refractivity contribution in [2.45, 2.75) is 45.1 Å². The number of aromatic amines is 1. The molecule has 2 rings (SSSR count). The van der Waals surface area contributed by atoms with E-state index in [2.05, 4.69) is 4.98 Å². The number of ketones is 1. The summed E-state index contributed by atoms with van der Waals surface area (Å²) >= 11 is 0. The molecule has 1 fully saturated rings. The molecule has 8 nitrogen and oxygen atoms in total. The third-order valence-corrected chi connectivity index (χ3v) is 4.73. The topological polar surface area (TPSA) is 117 Å². The number of carbonyl (C=O) groups is 4. The number of nitrogens with one attached hydrogen (secondary N) is 1. The predicted octanol–water partition coefficient (Wildman–Crippen LogP) is 0.936. The second-order valence-electron chi connectivity index (χ2n) is 6.77. The van der Waals surface area contributed by atoms with Crippen molar-refractivity contribution < 1.29 is 19.2 Å². The number of likely N-dealkylation sites (N-methyl/N-ethyl adjacent to an activating group) is 1. The number of hydrogen-bond acceptors (Lipinski definition) is 4. The van der Waals surface area contributed by atoms with Crippen molar-refractivity contribution >= 4 is 23.5 Å². The first-order chi connectivity index (χ1) is 12.3. The smallest absolute Gasteiger partial charge is 0.270 e. The van der Waals surface area contributed by atoms with Crippen LogP contribution in [-0.4, -0.2) is 64.5 Å². The van der Waals surface area contributed by atoms with Gasteiger partial charge in [-0.25, -0.2) is 0 Å². The fraction of sp³-hybridized carbons (Fsp3) is 0.556. The first-order valence-corrected chi connectivity index (χ1v) is 8.82. The van der Waals surface area contributed by atoms with Crippen LogP contribution >= 0.6 is 0 Å². The fourth-order valence-corrected chi connectivity index (χ4v) is 3.16. The summed E-state index contributed by atoms with van der Waals surface area (Å²) in [4.78, 5) is 53.2. The largest absolute Gasteiger partial charge is 0.366 e. The lowest BCUT2D eigenvalue weighted by Crippen LogP contribution is -2.50. The quantitative estimate of drug-likeness (QED) is 0.750. The number of H-pyrrole nitrogens is 1. The van der Waals surface area contributed by atoms with Gasteiger partial charge in [0.05, 0.1) is 5.56 Å². The van der Waals surface area contributed by atoms with Crippen molar-refractivity contribution in [1.29, 1.82) is 0 Å². The highest BCUT2D eigenvalue weighted by atomic mass is 16.2. The average Bonchev–Trinajstić information content (AvgIpc) is 3.10. The number of nitrogens with two attached hydrogens (primary N) is 1. The summed E-state index contributed by atoms with van der Waals surface area (Å²) in [5, 5.41) is 0. The Kier molecular flexibility index (Phi) is 6.54. The van der Waals surface area contributed by atoms with Crippen molar-refractivity contribution in [2.24, 2.45) is 5.73 Å². The third-order valence-electron chi connectivity index (χ3n) is 4.73. The molecule has 1 saturated heterocycles. The summed E-state index contributed by atoms with van der Waals surface area (Å²) in [5.74, 6) is -0.732. The Morgan fingerprint density at radius 1 is 1.31 bits per heavy atom. The van der Waals surface area contributed by atoms with Gasteiger partial charge in [0, 0.05) is 45.2 Å². The number of hydrogen-bond donors (Lipinski definition) is 2. The van der Waals surface area contributed by atoms with Crippen LogP contribution in [0.5, 0.6) is 0 Å². The van der Waals surface area contributed by atoms with Crippen LogP contribution in [0.3, 0.4) is 0 Å². The molecular formula is C18H26N4O4. The van der Waals surface area contributed by atoms with Crippen LogP contribution in [0.4, 0.5) is 0 Å². The molecule has 1 aliphatic rings. The van der Waals surface area contributed by atoms with Crippen molar-refractivity contribution in [1.82, 2.24) is 14.8 Å². The van der Waals surface area contributed by atoms with Crippen LogP contribution in [0.25, 0.3) is 0 Å². The fourth-order valence-electron chi connectivity index (χ4n) is 3.16. The minimum Gasteiger partial charge on any atom is -0.366 e. The number of carbonyl (C=O) groups excluding carboxylic acids is 4. The first-order valence-electron chi connectivity index (χ1n) is 8.82. The molecule has 1 aliphatic heterocycles. The number of piperidine rings is 1. The number of amides is 3. The van der Waals surface area contributed by atoms with Gasteiger partial charge < -0.3 is 25.3 Å². The maximum atomic E-state index is 12.6. The SMILES string of the molecule is CC(=O)CCCC(=O)N1CCCC(N(C)C(=O)c2cc(C(N)=O)c[nH]2)C1. The second kappa shape index (κ2) is 8.64. The van der Waals surface area contributed by atoms with Crippen molar-refractivity contribution in [3.63, 3.8) is 0 Å². The highest BCUT2D eigenvalue weighted by molar-refractivity contribution is 5.98. The van der Waals surface area contributed by atoms with Crippen molar-refractivity contribution in [3.8, 4) is 0 Å². The zero-order chi connectivity index (χ0) is 19.3. The van der Waals surface area contributed by atoms with Gasteiger partial charge >= 0.3 is 0 Å². The molecule has 1 atom stereocenters. The van der Waals surface area contributed by atoms with Gasteiger partial charge in [-0.2, -0.15) is 0 Å². The molecule has 1 aromatic heterocycles. The van der Waals surface area contributed by atoms with E-state index in [4.69, 9.17) is 5.73 Å². The Bertz CT molecular complexity index is 697. The highest BCUT2D eigenvalue weighted by Crippen LogP contribution is 2.18. The molecule has 0 aromatic carbocycles. The van der Waals surface area contributed by atoms with Gasteiger partial charge in [-0.3, -0.25) is 14.4 Å². The van der Waals surface area contributed by atoms with E-state index < -0.39 is 5.91 Å². The summed E-state index contributed by atoms with van der Waals surface area (Å²) in [7, 11) is 1.70. The molecule has 0 radical (unpaired) electrons. The molecule has 0 bridgehead atoms. The maximum Gasteiger partial charge on any atom is 0.270 e. The molecule has 3 N–H and O–H groups in total. The van der Waals surface area contributed by atoms with Crippen LogP contribution < -0.4 is 5.73 Å². The molecule has 1 unspecified atom stereocenters. The lowest BCUT2D eigenvalue weighted by Gasteiger charge is -2.37. The lowest BCUT2D eigenvalue weighted by molar-refractivity contribution is -0.133. The standard InChI is InChI=1S/C18H26N4O4/c1-12(23)5-3-7-16(24)22-8-4-6-14(11-22)21(2)18(26)15-9-13(10-20-15)17(19)25/h9-10,14,20H,3-8,11H2,1-2H3,(H2,19,25). The van der Waals surface area contributed by atoms with E-state index in [9.17, 15) is 19.2 Å². The van der Waals surface area contributed by atoms with Gasteiger partial charge in [-0.05, 0) is 32.3 Å². The van der Waals surface area contributed by atoms with Gasteiger partial charge in [0.2, 0.25) is 11.8 Å². The highest BCUT2D eigenvalue weighted by Gasteiger charge is 2.29. The molecule has 0 saturated carbocycles. The minimum absolute atomic E-state index is 0.0210. The van der Waals surface area contributed by atoms with Gasteiger partial charge in [-0.1, -0.05) is 0 Å². The lowest BCUT2D eigenvalue weighted by atomic mass is 10.0. The van der Waals surface area contributed by atoms with E-state index in [1.165, 1.54) is 19.2 Å².